The van der Waals surface area contributed by atoms with Gasteiger partial charge in [-0.2, -0.15) is 0 Å². The van der Waals surface area contributed by atoms with Crippen molar-refractivity contribution in [3.8, 4) is 0 Å². The van der Waals surface area contributed by atoms with Crippen LogP contribution in [-0.2, 0) is 16.4 Å². The van der Waals surface area contributed by atoms with Gasteiger partial charge in [0, 0.05) is 39.3 Å². The Labute approximate surface area is 149 Å². The molecule has 0 saturated carbocycles. The lowest BCUT2D eigenvalue weighted by Crippen LogP contribution is -2.42. The van der Waals surface area contributed by atoms with E-state index in [1.165, 1.54) is 6.26 Å². The number of hydrogen-bond donors (Lipinski definition) is 2. The second kappa shape index (κ2) is 8.66. The van der Waals surface area contributed by atoms with Gasteiger partial charge in [-0.3, -0.25) is 4.99 Å². The number of rotatable bonds is 8. The van der Waals surface area contributed by atoms with E-state index in [0.717, 1.165) is 10.8 Å². The van der Waals surface area contributed by atoms with Crippen molar-refractivity contribution in [3.63, 3.8) is 0 Å². The quantitative estimate of drug-likeness (QED) is 0.527. The van der Waals surface area contributed by atoms with Gasteiger partial charge in [-0.05, 0) is 11.8 Å². The zero-order valence-corrected chi connectivity index (χ0v) is 17.0. The normalized spacial score (nSPS) is 13.0. The topological polar surface area (TPSA) is 86.7 Å². The second-order valence-electron chi connectivity index (χ2n) is 6.84. The summed E-state index contributed by atoms with van der Waals surface area (Å²) in [6.07, 6.45) is 1.88. The molecule has 0 radical (unpaired) electrons. The van der Waals surface area contributed by atoms with Crippen molar-refractivity contribution >= 4 is 32.3 Å². The molecule has 7 nitrogen and oxygen atoms in total. The Morgan fingerprint density at radius 3 is 2.54 bits per heavy atom. The Morgan fingerprint density at radius 2 is 2.04 bits per heavy atom. The molecule has 138 valence electrons. The minimum absolute atomic E-state index is 0.139. The number of sulfone groups is 1. The van der Waals surface area contributed by atoms with Gasteiger partial charge in [-0.25, -0.2) is 13.4 Å². The Morgan fingerprint density at radius 1 is 1.38 bits per heavy atom. The van der Waals surface area contributed by atoms with E-state index < -0.39 is 9.84 Å². The van der Waals surface area contributed by atoms with Crippen LogP contribution in [0.25, 0.3) is 0 Å². The molecule has 0 unspecified atom stereocenters. The average molecular weight is 376 g/mol. The number of aromatic nitrogens is 1. The lowest BCUT2D eigenvalue weighted by molar-refractivity contribution is 0.348. The molecule has 2 N–H and O–H groups in total. The lowest BCUT2D eigenvalue weighted by atomic mass is 9.90. The van der Waals surface area contributed by atoms with Crippen LogP contribution < -0.4 is 15.5 Å². The third-order valence-electron chi connectivity index (χ3n) is 3.47. The summed E-state index contributed by atoms with van der Waals surface area (Å²) in [5, 5.41) is 9.47. The maximum atomic E-state index is 11.3. The molecule has 0 spiro atoms. The van der Waals surface area contributed by atoms with E-state index in [1.54, 1.807) is 18.4 Å². The van der Waals surface area contributed by atoms with Crippen molar-refractivity contribution in [2.75, 3.05) is 44.6 Å². The molecule has 0 aliphatic rings. The first-order chi connectivity index (χ1) is 11.0. The monoisotopic (exact) mass is 375 g/mol. The van der Waals surface area contributed by atoms with Crippen molar-refractivity contribution in [1.82, 2.24) is 15.6 Å². The van der Waals surface area contributed by atoms with E-state index in [9.17, 15) is 8.42 Å². The number of nitrogens with one attached hydrogen (secondary N) is 2. The largest absolute Gasteiger partial charge is 0.356 e. The van der Waals surface area contributed by atoms with E-state index >= 15 is 0 Å². The minimum Gasteiger partial charge on any atom is -0.356 e. The number of anilines is 1. The highest BCUT2D eigenvalue weighted by Gasteiger charge is 2.20. The SMILES string of the molecule is CN=C(NCc1csc(N(C)C)n1)NCC(C)(C)CCS(C)(=O)=O. The molecular weight excluding hydrogens is 346 g/mol. The van der Waals surface area contributed by atoms with Gasteiger partial charge in [0.15, 0.2) is 11.1 Å². The van der Waals surface area contributed by atoms with Crippen LogP contribution in [0.3, 0.4) is 0 Å². The fraction of sp³-hybridized carbons (Fsp3) is 0.733. The molecular formula is C15H29N5O2S2. The van der Waals surface area contributed by atoms with Crippen molar-refractivity contribution in [2.24, 2.45) is 10.4 Å². The maximum absolute atomic E-state index is 11.3. The summed E-state index contributed by atoms with van der Waals surface area (Å²) in [7, 11) is 2.71. The highest BCUT2D eigenvalue weighted by atomic mass is 32.2. The molecule has 0 aliphatic heterocycles. The van der Waals surface area contributed by atoms with Gasteiger partial charge in [0.05, 0.1) is 18.0 Å². The first-order valence-corrected chi connectivity index (χ1v) is 10.7. The highest BCUT2D eigenvalue weighted by molar-refractivity contribution is 7.90. The molecule has 0 bridgehead atoms. The minimum atomic E-state index is -2.94. The summed E-state index contributed by atoms with van der Waals surface area (Å²) in [6, 6.07) is 0. The smallest absolute Gasteiger partial charge is 0.191 e. The van der Waals surface area contributed by atoms with Crippen LogP contribution in [0.1, 0.15) is 26.0 Å². The molecule has 0 fully saturated rings. The number of guanidine groups is 1. The first-order valence-electron chi connectivity index (χ1n) is 7.76. The van der Waals surface area contributed by atoms with Gasteiger partial charge < -0.3 is 15.5 Å². The van der Waals surface area contributed by atoms with E-state index in [2.05, 4.69) is 20.6 Å². The van der Waals surface area contributed by atoms with Crippen molar-refractivity contribution in [2.45, 2.75) is 26.8 Å². The standard InChI is InChI=1S/C15H29N5O2S2/c1-15(2,7-8-24(6,21)22)11-18-13(16-3)17-9-12-10-23-14(19-12)20(4)5/h10H,7-9,11H2,1-6H3,(H2,16,17,18). The van der Waals surface area contributed by atoms with Crippen molar-refractivity contribution in [1.29, 1.82) is 0 Å². The van der Waals surface area contributed by atoms with Crippen molar-refractivity contribution < 1.29 is 8.42 Å². The molecule has 24 heavy (non-hydrogen) atoms. The van der Waals surface area contributed by atoms with Gasteiger partial charge in [-0.15, -0.1) is 11.3 Å². The van der Waals surface area contributed by atoms with Gasteiger partial charge in [0.25, 0.3) is 0 Å². The van der Waals surface area contributed by atoms with Crippen LogP contribution in [-0.4, -0.2) is 59.1 Å². The Kier molecular flexibility index (Phi) is 7.47. The first kappa shape index (κ1) is 20.7. The molecule has 0 aliphatic carbocycles. The number of thiazole rings is 1. The van der Waals surface area contributed by atoms with E-state index in [1.807, 2.05) is 38.2 Å². The molecule has 0 amide bonds. The summed E-state index contributed by atoms with van der Waals surface area (Å²) in [6.45, 7) is 5.32. The van der Waals surface area contributed by atoms with Crippen LogP contribution in [0, 0.1) is 5.41 Å². The predicted molar refractivity (Wildman–Crippen MR) is 103 cm³/mol. The zero-order valence-electron chi connectivity index (χ0n) is 15.4. The second-order valence-corrected chi connectivity index (χ2v) is 9.94. The van der Waals surface area contributed by atoms with E-state index in [-0.39, 0.29) is 11.2 Å². The van der Waals surface area contributed by atoms with E-state index in [4.69, 9.17) is 0 Å². The van der Waals surface area contributed by atoms with Gasteiger partial charge in [0.2, 0.25) is 0 Å². The van der Waals surface area contributed by atoms with E-state index in [0.29, 0.717) is 25.5 Å². The Hall–Kier alpha value is -1.35. The summed E-state index contributed by atoms with van der Waals surface area (Å²) in [5.41, 5.74) is 0.822. The van der Waals surface area contributed by atoms with Crippen LogP contribution in [0.5, 0.6) is 0 Å². The molecule has 1 heterocycles. The number of nitrogens with zero attached hydrogens (tertiary/aromatic N) is 3. The summed E-state index contributed by atoms with van der Waals surface area (Å²) in [4.78, 5) is 10.7. The highest BCUT2D eigenvalue weighted by Crippen LogP contribution is 2.20. The van der Waals surface area contributed by atoms with Gasteiger partial charge >= 0.3 is 0 Å². The van der Waals surface area contributed by atoms with Crippen LogP contribution >= 0.6 is 11.3 Å². The van der Waals surface area contributed by atoms with Crippen LogP contribution in [0.15, 0.2) is 10.4 Å². The molecule has 0 atom stereocenters. The summed E-state index contributed by atoms with van der Waals surface area (Å²) >= 11 is 1.60. The third kappa shape index (κ3) is 7.96. The number of aliphatic imine (C=N–C) groups is 1. The molecule has 1 aromatic heterocycles. The third-order valence-corrected chi connectivity index (χ3v) is 5.47. The lowest BCUT2D eigenvalue weighted by Gasteiger charge is -2.25. The molecule has 9 heteroatoms. The fourth-order valence-corrected chi connectivity index (χ4v) is 3.53. The summed E-state index contributed by atoms with van der Waals surface area (Å²) in [5.74, 6) is 0.877. The van der Waals surface area contributed by atoms with Gasteiger partial charge in [-0.1, -0.05) is 13.8 Å². The zero-order chi connectivity index (χ0) is 18.4. The number of hydrogen-bond acceptors (Lipinski definition) is 6. The molecule has 0 saturated heterocycles. The molecule has 1 aromatic rings. The van der Waals surface area contributed by atoms with Gasteiger partial charge in [0.1, 0.15) is 9.84 Å². The molecule has 0 aromatic carbocycles. The van der Waals surface area contributed by atoms with Crippen LogP contribution in [0.4, 0.5) is 5.13 Å². The maximum Gasteiger partial charge on any atom is 0.191 e. The predicted octanol–water partition coefficient (Wildman–Crippen LogP) is 1.33. The Bertz CT molecular complexity index is 651. The van der Waals surface area contributed by atoms with Crippen molar-refractivity contribution in [3.05, 3.63) is 11.1 Å². The van der Waals surface area contributed by atoms with Crippen LogP contribution in [0.2, 0.25) is 0 Å². The molecule has 1 rings (SSSR count). The average Bonchev–Trinajstić information content (AvgIpc) is 2.94. The summed E-state index contributed by atoms with van der Waals surface area (Å²) < 4.78 is 22.6. The fourth-order valence-electron chi connectivity index (χ4n) is 1.85. The Balaban J connectivity index is 2.46.